The number of hydrogen-bond acceptors (Lipinski definition) is 6. The summed E-state index contributed by atoms with van der Waals surface area (Å²) in [4.78, 5) is 15.8. The third kappa shape index (κ3) is 4.80. The molecule has 0 fully saturated rings. The lowest BCUT2D eigenvalue weighted by Gasteiger charge is -2.08. The fourth-order valence-corrected chi connectivity index (χ4v) is 2.49. The van der Waals surface area contributed by atoms with Gasteiger partial charge >= 0.3 is 5.97 Å². The highest BCUT2D eigenvalue weighted by atomic mass is 16.7. The van der Waals surface area contributed by atoms with Crippen LogP contribution in [0.15, 0.2) is 52.9 Å². The van der Waals surface area contributed by atoms with Crippen molar-refractivity contribution in [2.75, 3.05) is 0 Å². The van der Waals surface area contributed by atoms with E-state index in [0.717, 1.165) is 12.0 Å². The third-order valence-corrected chi connectivity index (χ3v) is 4.22. The van der Waals surface area contributed by atoms with E-state index in [1.54, 1.807) is 24.3 Å². The highest BCUT2D eigenvalue weighted by Crippen LogP contribution is 2.26. The molecule has 0 saturated carbocycles. The molecule has 3 rings (SSSR count). The maximum absolute atomic E-state index is 11.5. The van der Waals surface area contributed by atoms with Gasteiger partial charge in [0.1, 0.15) is 0 Å². The van der Waals surface area contributed by atoms with Crippen molar-refractivity contribution in [2.45, 2.75) is 40.0 Å². The smallest absolute Gasteiger partial charge is 0.356 e. The van der Waals surface area contributed by atoms with Crippen LogP contribution in [0, 0.1) is 0 Å². The number of rotatable bonds is 5. The van der Waals surface area contributed by atoms with Crippen LogP contribution in [0.25, 0.3) is 22.9 Å². The number of nitrogens with zero attached hydrogens (tertiary/aromatic N) is 2. The molecule has 0 saturated heterocycles. The van der Waals surface area contributed by atoms with E-state index in [4.69, 9.17) is 10.3 Å². The summed E-state index contributed by atoms with van der Waals surface area (Å²) in [5.74, 6) is 5.56. The Labute approximate surface area is 159 Å². The second-order valence-electron chi connectivity index (χ2n) is 5.83. The number of benzene rings is 2. The highest BCUT2D eigenvalue weighted by Gasteiger charge is 2.13. The molecule has 0 amide bonds. The van der Waals surface area contributed by atoms with E-state index < -0.39 is 5.97 Å². The van der Waals surface area contributed by atoms with Crippen LogP contribution in [-0.2, 0) is 4.84 Å². The fraction of sp³-hybridized carbons (Fsp3) is 0.286. The zero-order valence-corrected chi connectivity index (χ0v) is 16.1. The predicted molar refractivity (Wildman–Crippen MR) is 105 cm³/mol. The summed E-state index contributed by atoms with van der Waals surface area (Å²) in [5.41, 5.74) is 3.07. The third-order valence-electron chi connectivity index (χ3n) is 4.22. The number of aromatic nitrogens is 2. The Hall–Kier alpha value is -2.99. The fourth-order valence-electron chi connectivity index (χ4n) is 2.49. The van der Waals surface area contributed by atoms with Crippen molar-refractivity contribution >= 4 is 5.97 Å². The predicted octanol–water partition coefficient (Wildman–Crippen LogP) is 4.97. The molecule has 27 heavy (non-hydrogen) atoms. The van der Waals surface area contributed by atoms with Gasteiger partial charge in [-0.2, -0.15) is 5.90 Å². The first kappa shape index (κ1) is 20.3. The van der Waals surface area contributed by atoms with Gasteiger partial charge in [0.25, 0.3) is 0 Å². The van der Waals surface area contributed by atoms with Gasteiger partial charge in [-0.3, -0.25) is 0 Å². The van der Waals surface area contributed by atoms with Crippen molar-refractivity contribution in [2.24, 2.45) is 5.90 Å². The zero-order chi connectivity index (χ0) is 19.8. The summed E-state index contributed by atoms with van der Waals surface area (Å²) in [6.45, 7) is 8.36. The van der Waals surface area contributed by atoms with Crippen molar-refractivity contribution in [3.63, 3.8) is 0 Å². The molecule has 1 atom stereocenters. The van der Waals surface area contributed by atoms with Crippen molar-refractivity contribution < 1.29 is 14.0 Å². The Bertz CT molecular complexity index is 872. The van der Waals surface area contributed by atoms with Crippen LogP contribution < -0.4 is 5.90 Å². The van der Waals surface area contributed by atoms with E-state index in [9.17, 15) is 4.79 Å². The summed E-state index contributed by atoms with van der Waals surface area (Å²) in [5, 5.41) is 8.16. The van der Waals surface area contributed by atoms with Gasteiger partial charge in [0, 0.05) is 11.1 Å². The molecule has 142 valence electrons. The van der Waals surface area contributed by atoms with E-state index >= 15 is 0 Å². The van der Waals surface area contributed by atoms with E-state index in [1.807, 2.05) is 26.0 Å². The lowest BCUT2D eigenvalue weighted by molar-refractivity contribution is 0.0503. The first-order chi connectivity index (χ1) is 13.1. The normalized spacial score (nSPS) is 11.3. The first-order valence-electron chi connectivity index (χ1n) is 9.07. The van der Waals surface area contributed by atoms with Crippen LogP contribution in [-0.4, -0.2) is 16.2 Å². The molecular weight excluding hydrogens is 342 g/mol. The lowest BCUT2D eigenvalue weighted by atomic mass is 9.98. The Kier molecular flexibility index (Phi) is 7.25. The molecule has 2 aromatic carbocycles. The topological polar surface area (TPSA) is 91.2 Å². The maximum atomic E-state index is 11.5. The quantitative estimate of drug-likeness (QED) is 0.640. The van der Waals surface area contributed by atoms with E-state index in [2.05, 4.69) is 41.0 Å². The largest absolute Gasteiger partial charge is 0.416 e. The summed E-state index contributed by atoms with van der Waals surface area (Å²) in [6.07, 6.45) is 1.09. The maximum Gasteiger partial charge on any atom is 0.356 e. The van der Waals surface area contributed by atoms with Crippen LogP contribution in [0.4, 0.5) is 0 Å². The van der Waals surface area contributed by atoms with Gasteiger partial charge in [0.05, 0.1) is 5.56 Å². The minimum absolute atomic E-state index is 0.317. The van der Waals surface area contributed by atoms with Gasteiger partial charge in [0.15, 0.2) is 0 Å². The molecule has 1 heterocycles. The molecule has 0 spiro atoms. The van der Waals surface area contributed by atoms with Crippen LogP contribution in [0.1, 0.15) is 56.0 Å². The Morgan fingerprint density at radius 2 is 1.70 bits per heavy atom. The first-order valence-corrected chi connectivity index (χ1v) is 9.07. The number of nitrogens with two attached hydrogens (primary N) is 1. The van der Waals surface area contributed by atoms with Crippen molar-refractivity contribution in [1.29, 1.82) is 0 Å². The molecule has 1 aromatic heterocycles. The van der Waals surface area contributed by atoms with Gasteiger partial charge < -0.3 is 9.25 Å². The molecule has 0 aliphatic carbocycles. The molecule has 6 nitrogen and oxygen atoms in total. The molecule has 1 unspecified atom stereocenters. The van der Waals surface area contributed by atoms with Crippen LogP contribution >= 0.6 is 0 Å². The van der Waals surface area contributed by atoms with E-state index in [-0.39, 0.29) is 0 Å². The monoisotopic (exact) mass is 367 g/mol. The molecule has 2 N–H and O–H groups in total. The second-order valence-corrected chi connectivity index (χ2v) is 5.83. The van der Waals surface area contributed by atoms with Crippen molar-refractivity contribution in [3.8, 4) is 22.9 Å². The number of hydrogen-bond donors (Lipinski definition) is 1. The van der Waals surface area contributed by atoms with E-state index in [0.29, 0.717) is 28.8 Å². The van der Waals surface area contributed by atoms with Crippen molar-refractivity contribution in [1.82, 2.24) is 10.2 Å². The molecule has 3 aromatic rings. The summed E-state index contributed by atoms with van der Waals surface area (Å²) in [6, 6.07) is 14.8. The molecule has 6 heteroatoms. The molecule has 0 aliphatic heterocycles. The van der Waals surface area contributed by atoms with Gasteiger partial charge in [0.2, 0.25) is 11.8 Å². The van der Waals surface area contributed by atoms with E-state index in [1.165, 1.54) is 5.56 Å². The minimum atomic E-state index is -0.623. The Balaban J connectivity index is 0.00000126. The standard InChI is InChI=1S/C19H19N3O3.C2H6/c1-3-12(2)13-7-9-14(10-8-13)17-21-22-18(24-17)15-5-4-6-16(11-15)19(23)25-20;1-2/h4-12H,3,20H2,1-2H3;1-2H3. The van der Waals surface area contributed by atoms with Crippen LogP contribution in [0.3, 0.4) is 0 Å². The molecule has 0 radical (unpaired) electrons. The second kappa shape index (κ2) is 9.64. The highest BCUT2D eigenvalue weighted by molar-refractivity contribution is 5.90. The average molecular weight is 367 g/mol. The Morgan fingerprint density at radius 3 is 2.30 bits per heavy atom. The van der Waals surface area contributed by atoms with Crippen LogP contribution in [0.2, 0.25) is 0 Å². The molecule has 0 aliphatic rings. The van der Waals surface area contributed by atoms with Gasteiger partial charge in [-0.15, -0.1) is 10.2 Å². The molecular formula is C21H25N3O3. The summed E-state index contributed by atoms with van der Waals surface area (Å²) >= 11 is 0. The van der Waals surface area contributed by atoms with Gasteiger partial charge in [-0.05, 0) is 48.2 Å². The van der Waals surface area contributed by atoms with Gasteiger partial charge in [-0.25, -0.2) is 4.79 Å². The minimum Gasteiger partial charge on any atom is -0.416 e. The van der Waals surface area contributed by atoms with Crippen LogP contribution in [0.5, 0.6) is 0 Å². The molecule has 0 bridgehead atoms. The zero-order valence-electron chi connectivity index (χ0n) is 16.1. The van der Waals surface area contributed by atoms with Crippen molar-refractivity contribution in [3.05, 3.63) is 59.7 Å². The average Bonchev–Trinajstić information content (AvgIpc) is 3.24. The SMILES string of the molecule is CC.CCC(C)c1ccc(-c2nnc(-c3cccc(C(=O)ON)c3)o2)cc1. The number of carbonyl (C=O) groups is 1. The summed E-state index contributed by atoms with van der Waals surface area (Å²) in [7, 11) is 0. The Morgan fingerprint density at radius 1 is 1.07 bits per heavy atom. The number of carbonyl (C=O) groups excluding carboxylic acids is 1. The summed E-state index contributed by atoms with van der Waals surface area (Å²) < 4.78 is 5.75. The lowest BCUT2D eigenvalue weighted by Crippen LogP contribution is -2.09. The van der Waals surface area contributed by atoms with Gasteiger partial charge in [-0.1, -0.05) is 45.9 Å².